The summed E-state index contributed by atoms with van der Waals surface area (Å²) in [4.78, 5) is 2.52. The third kappa shape index (κ3) is 5.87. The SMILES string of the molecule is CC1CCNC(C2CCCCC2)CN1CCCS(C)(=O)=O. The molecule has 2 unspecified atom stereocenters. The molecule has 2 fully saturated rings. The Morgan fingerprint density at radius 1 is 1.14 bits per heavy atom. The highest BCUT2D eigenvalue weighted by molar-refractivity contribution is 7.90. The average molecular weight is 317 g/mol. The van der Waals surface area contributed by atoms with Gasteiger partial charge in [0.2, 0.25) is 0 Å². The highest BCUT2D eigenvalue weighted by Crippen LogP contribution is 2.28. The second-order valence-corrected chi connectivity index (χ2v) is 9.33. The minimum atomic E-state index is -2.83. The summed E-state index contributed by atoms with van der Waals surface area (Å²) in [6, 6.07) is 1.17. The van der Waals surface area contributed by atoms with Crippen LogP contribution in [0.3, 0.4) is 0 Å². The molecule has 124 valence electrons. The molecule has 0 spiro atoms. The van der Waals surface area contributed by atoms with Gasteiger partial charge >= 0.3 is 0 Å². The quantitative estimate of drug-likeness (QED) is 0.843. The molecule has 4 nitrogen and oxygen atoms in total. The summed E-state index contributed by atoms with van der Waals surface area (Å²) >= 11 is 0. The van der Waals surface area contributed by atoms with E-state index in [2.05, 4.69) is 17.1 Å². The zero-order chi connectivity index (χ0) is 15.3. The summed E-state index contributed by atoms with van der Waals surface area (Å²) in [5, 5.41) is 3.76. The number of rotatable bonds is 5. The van der Waals surface area contributed by atoms with Crippen molar-refractivity contribution < 1.29 is 8.42 Å². The third-order valence-electron chi connectivity index (χ3n) is 5.20. The van der Waals surface area contributed by atoms with Gasteiger partial charge in [-0.1, -0.05) is 19.3 Å². The molecule has 5 heteroatoms. The Labute approximate surface area is 130 Å². The maximum Gasteiger partial charge on any atom is 0.147 e. The van der Waals surface area contributed by atoms with Crippen LogP contribution in [0.4, 0.5) is 0 Å². The number of hydrogen-bond acceptors (Lipinski definition) is 4. The number of sulfone groups is 1. The van der Waals surface area contributed by atoms with E-state index in [1.807, 2.05) is 0 Å². The van der Waals surface area contributed by atoms with Crippen molar-refractivity contribution in [3.05, 3.63) is 0 Å². The van der Waals surface area contributed by atoms with Crippen LogP contribution >= 0.6 is 0 Å². The Bertz CT molecular complexity index is 405. The smallest absolute Gasteiger partial charge is 0.147 e. The maximum absolute atomic E-state index is 11.3. The van der Waals surface area contributed by atoms with Gasteiger partial charge in [-0.05, 0) is 51.6 Å². The van der Waals surface area contributed by atoms with Crippen LogP contribution in [0.1, 0.15) is 51.9 Å². The lowest BCUT2D eigenvalue weighted by atomic mass is 9.83. The molecule has 0 aromatic heterocycles. The largest absolute Gasteiger partial charge is 0.312 e. The Morgan fingerprint density at radius 2 is 1.86 bits per heavy atom. The molecule has 0 amide bonds. The van der Waals surface area contributed by atoms with E-state index < -0.39 is 9.84 Å². The lowest BCUT2D eigenvalue weighted by Crippen LogP contribution is -2.45. The molecule has 2 rings (SSSR count). The monoisotopic (exact) mass is 316 g/mol. The minimum absolute atomic E-state index is 0.317. The zero-order valence-corrected chi connectivity index (χ0v) is 14.5. The molecule has 1 heterocycles. The van der Waals surface area contributed by atoms with E-state index in [4.69, 9.17) is 0 Å². The lowest BCUT2D eigenvalue weighted by molar-refractivity contribution is 0.172. The van der Waals surface area contributed by atoms with Gasteiger partial charge in [0.15, 0.2) is 0 Å². The summed E-state index contributed by atoms with van der Waals surface area (Å²) in [5.41, 5.74) is 0. The van der Waals surface area contributed by atoms with Crippen LogP contribution in [-0.2, 0) is 9.84 Å². The number of hydrogen-bond donors (Lipinski definition) is 1. The summed E-state index contributed by atoms with van der Waals surface area (Å²) in [7, 11) is -2.83. The van der Waals surface area contributed by atoms with Crippen LogP contribution < -0.4 is 5.32 Å². The van der Waals surface area contributed by atoms with Gasteiger partial charge in [-0.15, -0.1) is 0 Å². The van der Waals surface area contributed by atoms with Crippen molar-refractivity contribution in [2.45, 2.75) is 64.0 Å². The van der Waals surface area contributed by atoms with Gasteiger partial charge in [0.1, 0.15) is 9.84 Å². The van der Waals surface area contributed by atoms with E-state index in [0.717, 1.165) is 32.0 Å². The van der Waals surface area contributed by atoms with Crippen LogP contribution in [0.25, 0.3) is 0 Å². The Kier molecular flexibility index (Phi) is 6.51. The van der Waals surface area contributed by atoms with E-state index in [1.165, 1.54) is 44.8 Å². The van der Waals surface area contributed by atoms with Crippen molar-refractivity contribution in [1.82, 2.24) is 10.2 Å². The predicted molar refractivity (Wildman–Crippen MR) is 88.3 cm³/mol. The minimum Gasteiger partial charge on any atom is -0.312 e. The van der Waals surface area contributed by atoms with Crippen molar-refractivity contribution in [1.29, 1.82) is 0 Å². The molecule has 1 saturated carbocycles. The fourth-order valence-electron chi connectivity index (χ4n) is 3.85. The van der Waals surface area contributed by atoms with Gasteiger partial charge < -0.3 is 5.32 Å². The molecule has 2 atom stereocenters. The molecule has 0 bridgehead atoms. The second-order valence-electron chi connectivity index (χ2n) is 7.07. The van der Waals surface area contributed by atoms with Gasteiger partial charge in [0.25, 0.3) is 0 Å². The first-order valence-electron chi connectivity index (χ1n) is 8.61. The normalized spacial score (nSPS) is 30.2. The summed E-state index contributed by atoms with van der Waals surface area (Å²) in [5.74, 6) is 1.14. The molecule has 0 aromatic rings. The van der Waals surface area contributed by atoms with E-state index in [9.17, 15) is 8.42 Å². The predicted octanol–water partition coefficient (Wildman–Crippen LogP) is 2.05. The average Bonchev–Trinajstić information content (AvgIpc) is 2.61. The lowest BCUT2D eigenvalue weighted by Gasteiger charge is -2.34. The summed E-state index contributed by atoms with van der Waals surface area (Å²) in [6.45, 7) is 5.39. The molecule has 2 aliphatic rings. The molecule has 21 heavy (non-hydrogen) atoms. The molecular formula is C16H32N2O2S. The van der Waals surface area contributed by atoms with Crippen molar-refractivity contribution in [3.8, 4) is 0 Å². The molecule has 1 aliphatic heterocycles. The summed E-state index contributed by atoms with van der Waals surface area (Å²) in [6.07, 6.45) is 10.2. The highest BCUT2D eigenvalue weighted by Gasteiger charge is 2.29. The number of nitrogens with one attached hydrogen (secondary N) is 1. The van der Waals surface area contributed by atoms with Gasteiger partial charge in [-0.25, -0.2) is 8.42 Å². The van der Waals surface area contributed by atoms with Crippen LogP contribution in [0, 0.1) is 5.92 Å². The van der Waals surface area contributed by atoms with E-state index in [0.29, 0.717) is 17.8 Å². The van der Waals surface area contributed by atoms with Crippen LogP contribution in [0.2, 0.25) is 0 Å². The van der Waals surface area contributed by atoms with Gasteiger partial charge in [0.05, 0.1) is 5.75 Å². The molecule has 1 aliphatic carbocycles. The van der Waals surface area contributed by atoms with E-state index >= 15 is 0 Å². The van der Waals surface area contributed by atoms with Crippen LogP contribution in [-0.4, -0.2) is 57.0 Å². The molecule has 1 saturated heterocycles. The Hall–Kier alpha value is -0.130. The van der Waals surface area contributed by atoms with E-state index in [1.54, 1.807) is 0 Å². The molecule has 0 radical (unpaired) electrons. The molecule has 0 aromatic carbocycles. The zero-order valence-electron chi connectivity index (χ0n) is 13.7. The van der Waals surface area contributed by atoms with Gasteiger partial charge in [-0.2, -0.15) is 0 Å². The molecule has 1 N–H and O–H groups in total. The van der Waals surface area contributed by atoms with Crippen molar-refractivity contribution in [3.63, 3.8) is 0 Å². The maximum atomic E-state index is 11.3. The first kappa shape index (κ1) is 17.2. The van der Waals surface area contributed by atoms with Crippen LogP contribution in [0.5, 0.6) is 0 Å². The Morgan fingerprint density at radius 3 is 2.52 bits per heavy atom. The highest BCUT2D eigenvalue weighted by atomic mass is 32.2. The third-order valence-corrected chi connectivity index (χ3v) is 6.23. The fraction of sp³-hybridized carbons (Fsp3) is 1.00. The first-order valence-corrected chi connectivity index (χ1v) is 10.7. The standard InChI is InChI=1S/C16H32N2O2S/c1-14-9-10-17-16(15-7-4-3-5-8-15)13-18(14)11-6-12-21(2,19)20/h14-17H,3-13H2,1-2H3. The Balaban J connectivity index is 1.87. The topological polar surface area (TPSA) is 49.4 Å². The van der Waals surface area contributed by atoms with E-state index in [-0.39, 0.29) is 0 Å². The van der Waals surface area contributed by atoms with Crippen molar-refractivity contribution in [2.24, 2.45) is 5.92 Å². The van der Waals surface area contributed by atoms with Crippen LogP contribution in [0.15, 0.2) is 0 Å². The molecular weight excluding hydrogens is 284 g/mol. The van der Waals surface area contributed by atoms with Gasteiger partial charge in [-0.3, -0.25) is 4.90 Å². The second kappa shape index (κ2) is 7.93. The van der Waals surface area contributed by atoms with Gasteiger partial charge in [0, 0.05) is 24.9 Å². The fourth-order valence-corrected chi connectivity index (χ4v) is 4.50. The van der Waals surface area contributed by atoms with Crippen molar-refractivity contribution in [2.75, 3.05) is 31.6 Å². The van der Waals surface area contributed by atoms with Crippen molar-refractivity contribution >= 4 is 9.84 Å². The number of nitrogens with zero attached hydrogens (tertiary/aromatic N) is 1. The first-order chi connectivity index (χ1) is 9.96. The summed E-state index contributed by atoms with van der Waals surface area (Å²) < 4.78 is 22.6.